The maximum Gasteiger partial charge on any atom is 0.307 e. The highest BCUT2D eigenvalue weighted by atomic mass is 16.5. The van der Waals surface area contributed by atoms with E-state index in [-0.39, 0.29) is 12.3 Å². The van der Waals surface area contributed by atoms with E-state index in [1.165, 1.54) is 7.11 Å². The summed E-state index contributed by atoms with van der Waals surface area (Å²) in [6, 6.07) is 8.91. The van der Waals surface area contributed by atoms with Crippen molar-refractivity contribution in [3.8, 4) is 5.69 Å². The summed E-state index contributed by atoms with van der Waals surface area (Å²) in [6.07, 6.45) is -0.00473. The molecule has 0 spiro atoms. The van der Waals surface area contributed by atoms with Crippen LogP contribution in [0.2, 0.25) is 0 Å². The minimum Gasteiger partial charge on any atom is -0.469 e. The zero-order valence-corrected chi connectivity index (χ0v) is 13.3. The zero-order valence-electron chi connectivity index (χ0n) is 13.3. The molecule has 24 heavy (non-hydrogen) atoms. The van der Waals surface area contributed by atoms with Gasteiger partial charge < -0.3 is 10.1 Å². The van der Waals surface area contributed by atoms with Gasteiger partial charge in [0.25, 0.3) is 0 Å². The number of carbonyl (C=O) groups is 2. The number of carbonyl (C=O) groups excluding carboxylic acids is 2. The molecule has 0 radical (unpaired) electrons. The Morgan fingerprint density at radius 3 is 2.92 bits per heavy atom. The van der Waals surface area contributed by atoms with Gasteiger partial charge in [-0.1, -0.05) is 18.2 Å². The first-order valence-corrected chi connectivity index (χ1v) is 7.60. The van der Waals surface area contributed by atoms with Crippen LogP contribution in [0, 0.1) is 0 Å². The number of esters is 1. The summed E-state index contributed by atoms with van der Waals surface area (Å²) < 4.78 is 6.31. The molecule has 1 aromatic heterocycles. The van der Waals surface area contributed by atoms with Gasteiger partial charge in [-0.15, -0.1) is 5.10 Å². The second-order valence-corrected chi connectivity index (χ2v) is 5.40. The number of para-hydroxylation sites is 1. The van der Waals surface area contributed by atoms with Gasteiger partial charge in [-0.05, 0) is 22.6 Å². The zero-order chi connectivity index (χ0) is 16.9. The fourth-order valence-electron chi connectivity index (χ4n) is 2.67. The van der Waals surface area contributed by atoms with Crippen molar-refractivity contribution < 1.29 is 14.3 Å². The highest BCUT2D eigenvalue weighted by Gasteiger charge is 2.33. The number of aromatic nitrogens is 4. The largest absolute Gasteiger partial charge is 0.469 e. The molecular formula is C15H18N6O3. The van der Waals surface area contributed by atoms with Gasteiger partial charge in [0.15, 0.2) is 5.82 Å². The van der Waals surface area contributed by atoms with Crippen LogP contribution in [0.15, 0.2) is 30.3 Å². The molecule has 0 saturated carbocycles. The number of amides is 1. The van der Waals surface area contributed by atoms with E-state index in [1.807, 2.05) is 35.2 Å². The summed E-state index contributed by atoms with van der Waals surface area (Å²) in [6.45, 7) is 1.48. The predicted octanol–water partition coefficient (Wildman–Crippen LogP) is -0.474. The summed E-state index contributed by atoms with van der Waals surface area (Å²) in [5, 5.41) is 14.6. The highest BCUT2D eigenvalue weighted by Crippen LogP contribution is 2.15. The summed E-state index contributed by atoms with van der Waals surface area (Å²) in [5.74, 6) is -0.0131. The monoisotopic (exact) mass is 330 g/mol. The minimum absolute atomic E-state index is 0.00473. The molecule has 1 aromatic carbocycles. The lowest BCUT2D eigenvalue weighted by Crippen LogP contribution is -2.55. The van der Waals surface area contributed by atoms with Crippen molar-refractivity contribution in [1.29, 1.82) is 0 Å². The number of piperazine rings is 1. The van der Waals surface area contributed by atoms with Gasteiger partial charge in [0.05, 0.1) is 25.8 Å². The van der Waals surface area contributed by atoms with Gasteiger partial charge in [-0.3, -0.25) is 14.5 Å². The molecule has 9 nitrogen and oxygen atoms in total. The Morgan fingerprint density at radius 2 is 2.17 bits per heavy atom. The SMILES string of the molecule is COC(=O)CC1C(=O)NCCN1Cc1nnnn1-c1ccccc1. The lowest BCUT2D eigenvalue weighted by atomic mass is 10.1. The quantitative estimate of drug-likeness (QED) is 0.739. The molecule has 2 heterocycles. The van der Waals surface area contributed by atoms with Crippen LogP contribution in [0.5, 0.6) is 0 Å². The summed E-state index contributed by atoms with van der Waals surface area (Å²) in [7, 11) is 1.31. The van der Waals surface area contributed by atoms with Crippen molar-refractivity contribution in [2.24, 2.45) is 0 Å². The average Bonchev–Trinajstić information content (AvgIpc) is 3.06. The van der Waals surface area contributed by atoms with Gasteiger partial charge >= 0.3 is 5.97 Å². The van der Waals surface area contributed by atoms with Crippen molar-refractivity contribution in [3.63, 3.8) is 0 Å². The lowest BCUT2D eigenvalue weighted by molar-refractivity contribution is -0.146. The van der Waals surface area contributed by atoms with Crippen molar-refractivity contribution in [2.75, 3.05) is 20.2 Å². The first kappa shape index (κ1) is 16.1. The summed E-state index contributed by atoms with van der Waals surface area (Å²) >= 11 is 0. The number of hydrogen-bond acceptors (Lipinski definition) is 7. The third kappa shape index (κ3) is 3.40. The number of ether oxygens (including phenoxy) is 1. The van der Waals surface area contributed by atoms with Crippen LogP contribution in [0.25, 0.3) is 5.69 Å². The molecule has 1 unspecified atom stereocenters. The predicted molar refractivity (Wildman–Crippen MR) is 83.0 cm³/mol. The second kappa shape index (κ2) is 7.18. The van der Waals surface area contributed by atoms with Gasteiger partial charge in [-0.2, -0.15) is 4.68 Å². The Labute approximate surface area is 138 Å². The average molecular weight is 330 g/mol. The van der Waals surface area contributed by atoms with E-state index in [2.05, 4.69) is 25.6 Å². The molecule has 0 aliphatic carbocycles. The number of benzene rings is 1. The standard InChI is InChI=1S/C15H18N6O3/c1-24-14(22)9-12-15(23)16-7-8-20(12)10-13-17-18-19-21(13)11-5-3-2-4-6-11/h2-6,12H,7-10H2,1H3,(H,16,23). The second-order valence-electron chi connectivity index (χ2n) is 5.40. The lowest BCUT2D eigenvalue weighted by Gasteiger charge is -2.33. The van der Waals surface area contributed by atoms with E-state index in [1.54, 1.807) is 4.68 Å². The molecule has 126 valence electrons. The molecule has 1 atom stereocenters. The Hall–Kier alpha value is -2.81. The van der Waals surface area contributed by atoms with Gasteiger partial charge in [0, 0.05) is 13.1 Å². The van der Waals surface area contributed by atoms with Gasteiger partial charge in [0.2, 0.25) is 5.91 Å². The number of rotatable bonds is 5. The first-order chi connectivity index (χ1) is 11.7. The minimum atomic E-state index is -0.591. The van der Waals surface area contributed by atoms with Crippen LogP contribution in [0.1, 0.15) is 12.2 Å². The maximum atomic E-state index is 12.1. The van der Waals surface area contributed by atoms with E-state index < -0.39 is 12.0 Å². The molecule has 9 heteroatoms. The number of tetrazole rings is 1. The molecule has 1 aliphatic heterocycles. The molecule has 2 aromatic rings. The Bertz CT molecular complexity index is 717. The van der Waals surface area contributed by atoms with Crippen molar-refractivity contribution >= 4 is 11.9 Å². The molecule has 1 amide bonds. The van der Waals surface area contributed by atoms with Gasteiger partial charge in [0.1, 0.15) is 6.04 Å². The number of methoxy groups -OCH3 is 1. The molecule has 1 aliphatic rings. The van der Waals surface area contributed by atoms with E-state index in [0.29, 0.717) is 25.5 Å². The summed E-state index contributed by atoms with van der Waals surface area (Å²) in [5.41, 5.74) is 0.837. The van der Waals surface area contributed by atoms with Crippen LogP contribution in [-0.2, 0) is 20.9 Å². The van der Waals surface area contributed by atoms with Crippen molar-refractivity contribution in [1.82, 2.24) is 30.4 Å². The van der Waals surface area contributed by atoms with E-state index in [4.69, 9.17) is 0 Å². The van der Waals surface area contributed by atoms with Crippen LogP contribution >= 0.6 is 0 Å². The van der Waals surface area contributed by atoms with Crippen LogP contribution in [0.4, 0.5) is 0 Å². The number of nitrogens with zero attached hydrogens (tertiary/aromatic N) is 5. The molecule has 1 fully saturated rings. The molecule has 3 rings (SSSR count). The van der Waals surface area contributed by atoms with Crippen molar-refractivity contribution in [2.45, 2.75) is 19.0 Å². The molecule has 0 bridgehead atoms. The Balaban J connectivity index is 1.80. The van der Waals surface area contributed by atoms with E-state index in [9.17, 15) is 9.59 Å². The maximum absolute atomic E-state index is 12.1. The molecule has 1 saturated heterocycles. The number of hydrogen-bond donors (Lipinski definition) is 1. The molecular weight excluding hydrogens is 312 g/mol. The fourth-order valence-corrected chi connectivity index (χ4v) is 2.67. The van der Waals surface area contributed by atoms with E-state index >= 15 is 0 Å². The topological polar surface area (TPSA) is 102 Å². The third-order valence-electron chi connectivity index (χ3n) is 3.91. The molecule has 1 N–H and O–H groups in total. The Morgan fingerprint density at radius 1 is 1.38 bits per heavy atom. The summed E-state index contributed by atoms with van der Waals surface area (Å²) in [4.78, 5) is 25.6. The van der Waals surface area contributed by atoms with Crippen LogP contribution in [-0.4, -0.2) is 63.2 Å². The normalized spacial score (nSPS) is 18.2. The van der Waals surface area contributed by atoms with Crippen LogP contribution < -0.4 is 5.32 Å². The highest BCUT2D eigenvalue weighted by molar-refractivity contribution is 5.87. The third-order valence-corrected chi connectivity index (χ3v) is 3.91. The Kier molecular flexibility index (Phi) is 4.80. The van der Waals surface area contributed by atoms with Gasteiger partial charge in [-0.25, -0.2) is 0 Å². The smallest absolute Gasteiger partial charge is 0.307 e. The fraction of sp³-hybridized carbons (Fsp3) is 0.400. The van der Waals surface area contributed by atoms with Crippen LogP contribution in [0.3, 0.4) is 0 Å². The first-order valence-electron chi connectivity index (χ1n) is 7.60. The van der Waals surface area contributed by atoms with Crippen molar-refractivity contribution in [3.05, 3.63) is 36.2 Å². The number of nitrogens with one attached hydrogen (secondary N) is 1. The van der Waals surface area contributed by atoms with E-state index in [0.717, 1.165) is 5.69 Å².